The van der Waals surface area contributed by atoms with Gasteiger partial charge in [-0.25, -0.2) is 0 Å². The first-order valence-electron chi connectivity index (χ1n) is 7.18. The lowest BCUT2D eigenvalue weighted by molar-refractivity contribution is -0.142. The third-order valence-electron chi connectivity index (χ3n) is 4.07. The van der Waals surface area contributed by atoms with Crippen molar-refractivity contribution in [3.05, 3.63) is 24.0 Å². The van der Waals surface area contributed by atoms with E-state index in [1.54, 1.807) is 6.07 Å². The second-order valence-electron chi connectivity index (χ2n) is 5.74. The van der Waals surface area contributed by atoms with E-state index in [9.17, 15) is 9.59 Å². The lowest BCUT2D eigenvalue weighted by Gasteiger charge is -2.17. The number of aromatic nitrogens is 1. The van der Waals surface area contributed by atoms with Crippen molar-refractivity contribution in [3.63, 3.8) is 0 Å². The van der Waals surface area contributed by atoms with Crippen molar-refractivity contribution < 1.29 is 14.7 Å². The molecule has 2 atom stereocenters. The molecule has 1 aliphatic rings. The number of carboxylic acid groups (broad SMARTS) is 1. The van der Waals surface area contributed by atoms with Gasteiger partial charge in [0.15, 0.2) is 0 Å². The predicted octanol–water partition coefficient (Wildman–Crippen LogP) is 2.30. The fourth-order valence-electron chi connectivity index (χ4n) is 2.96. The van der Waals surface area contributed by atoms with Crippen LogP contribution < -0.4 is 5.32 Å². The van der Waals surface area contributed by atoms with Crippen molar-refractivity contribution in [2.75, 3.05) is 6.54 Å². The molecule has 110 valence electrons. The van der Waals surface area contributed by atoms with E-state index in [2.05, 4.69) is 5.32 Å². The number of nitrogens with one attached hydrogen (secondary N) is 1. The molecule has 0 radical (unpaired) electrons. The third-order valence-corrected chi connectivity index (χ3v) is 4.07. The van der Waals surface area contributed by atoms with E-state index >= 15 is 0 Å². The van der Waals surface area contributed by atoms with Crippen LogP contribution in [0.4, 0.5) is 0 Å². The quantitative estimate of drug-likeness (QED) is 0.868. The molecule has 0 aromatic carbocycles. The Labute approximate surface area is 119 Å². The molecule has 2 unspecified atom stereocenters. The molecule has 1 aromatic heterocycles. The zero-order chi connectivity index (χ0) is 14.7. The van der Waals surface area contributed by atoms with Gasteiger partial charge in [-0.05, 0) is 44.7 Å². The molecule has 0 spiro atoms. The Morgan fingerprint density at radius 3 is 2.85 bits per heavy atom. The van der Waals surface area contributed by atoms with Gasteiger partial charge >= 0.3 is 5.97 Å². The van der Waals surface area contributed by atoms with Crippen molar-refractivity contribution >= 4 is 11.9 Å². The summed E-state index contributed by atoms with van der Waals surface area (Å²) >= 11 is 0. The highest BCUT2D eigenvalue weighted by Crippen LogP contribution is 2.31. The number of aliphatic carboxylic acids is 1. The first kappa shape index (κ1) is 14.6. The van der Waals surface area contributed by atoms with Gasteiger partial charge in [-0.15, -0.1) is 0 Å². The van der Waals surface area contributed by atoms with Crippen molar-refractivity contribution in [2.45, 2.75) is 39.2 Å². The van der Waals surface area contributed by atoms with Crippen molar-refractivity contribution in [2.24, 2.45) is 11.8 Å². The second kappa shape index (κ2) is 6.11. The number of hydrogen-bond donors (Lipinski definition) is 2. The van der Waals surface area contributed by atoms with Crippen LogP contribution in [0.25, 0.3) is 0 Å². The summed E-state index contributed by atoms with van der Waals surface area (Å²) in [6.07, 6.45) is 4.41. The Hall–Kier alpha value is -1.78. The van der Waals surface area contributed by atoms with Crippen molar-refractivity contribution in [3.8, 4) is 0 Å². The standard InChI is InChI=1S/C15H22N2O3/c1-10(2)17-8-4-7-13(17)14(18)16-9-11-5-3-6-12(11)15(19)20/h4,7-8,10-12H,3,5-6,9H2,1-2H3,(H,16,18)(H,19,20). The molecule has 5 nitrogen and oxygen atoms in total. The molecular weight excluding hydrogens is 256 g/mol. The first-order valence-corrected chi connectivity index (χ1v) is 7.18. The number of amides is 1. The molecule has 1 aromatic rings. The van der Waals surface area contributed by atoms with E-state index in [-0.39, 0.29) is 23.8 Å². The van der Waals surface area contributed by atoms with Gasteiger partial charge in [-0.2, -0.15) is 0 Å². The Balaban J connectivity index is 1.95. The van der Waals surface area contributed by atoms with E-state index in [0.29, 0.717) is 12.2 Å². The zero-order valence-corrected chi connectivity index (χ0v) is 12.0. The molecule has 1 saturated carbocycles. The molecule has 5 heteroatoms. The minimum Gasteiger partial charge on any atom is -0.481 e. The Morgan fingerprint density at radius 1 is 1.45 bits per heavy atom. The molecule has 0 bridgehead atoms. The number of rotatable bonds is 5. The molecular formula is C15H22N2O3. The minimum absolute atomic E-state index is 0.0545. The van der Waals surface area contributed by atoms with Crippen LogP contribution in [0.3, 0.4) is 0 Å². The first-order chi connectivity index (χ1) is 9.50. The SMILES string of the molecule is CC(C)n1cccc1C(=O)NCC1CCCC1C(=O)O. The van der Waals surface area contributed by atoms with Gasteiger partial charge < -0.3 is 15.0 Å². The smallest absolute Gasteiger partial charge is 0.306 e. The molecule has 0 saturated heterocycles. The number of nitrogens with zero attached hydrogens (tertiary/aromatic N) is 1. The van der Waals surface area contributed by atoms with Crippen LogP contribution in [0.15, 0.2) is 18.3 Å². The van der Waals surface area contributed by atoms with Crippen molar-refractivity contribution in [1.29, 1.82) is 0 Å². The number of hydrogen-bond acceptors (Lipinski definition) is 2. The van der Waals surface area contributed by atoms with E-state index in [0.717, 1.165) is 19.3 Å². The summed E-state index contributed by atoms with van der Waals surface area (Å²) < 4.78 is 1.92. The average molecular weight is 278 g/mol. The second-order valence-corrected chi connectivity index (χ2v) is 5.74. The number of carbonyl (C=O) groups excluding carboxylic acids is 1. The fourth-order valence-corrected chi connectivity index (χ4v) is 2.96. The molecule has 1 fully saturated rings. The summed E-state index contributed by atoms with van der Waals surface area (Å²) in [5.41, 5.74) is 0.630. The minimum atomic E-state index is -0.743. The van der Waals surface area contributed by atoms with Gasteiger partial charge in [0, 0.05) is 18.8 Å². The summed E-state index contributed by atoms with van der Waals surface area (Å²) in [5, 5.41) is 12.0. The van der Waals surface area contributed by atoms with Crippen LogP contribution >= 0.6 is 0 Å². The topological polar surface area (TPSA) is 71.3 Å². The highest BCUT2D eigenvalue weighted by atomic mass is 16.4. The molecule has 20 heavy (non-hydrogen) atoms. The third kappa shape index (κ3) is 3.03. The van der Waals surface area contributed by atoms with Crippen LogP contribution in [0.1, 0.15) is 49.6 Å². The summed E-state index contributed by atoms with van der Waals surface area (Å²) in [6, 6.07) is 3.87. The summed E-state index contributed by atoms with van der Waals surface area (Å²) in [4.78, 5) is 23.3. The van der Waals surface area contributed by atoms with Gasteiger partial charge in [-0.3, -0.25) is 9.59 Å². The van der Waals surface area contributed by atoms with Gasteiger partial charge in [0.2, 0.25) is 0 Å². The van der Waals surface area contributed by atoms with E-state index in [1.807, 2.05) is 30.7 Å². The van der Waals surface area contributed by atoms with Crippen LogP contribution in [0, 0.1) is 11.8 Å². The normalized spacial score (nSPS) is 22.1. The van der Waals surface area contributed by atoms with Crippen LogP contribution in [0.2, 0.25) is 0 Å². The molecule has 1 amide bonds. The fraction of sp³-hybridized carbons (Fsp3) is 0.600. The highest BCUT2D eigenvalue weighted by molar-refractivity contribution is 5.92. The Morgan fingerprint density at radius 2 is 2.20 bits per heavy atom. The van der Waals surface area contributed by atoms with E-state index in [1.165, 1.54) is 0 Å². The maximum absolute atomic E-state index is 12.2. The van der Waals surface area contributed by atoms with Crippen LogP contribution in [-0.4, -0.2) is 28.1 Å². The number of carbonyl (C=O) groups is 2. The van der Waals surface area contributed by atoms with Gasteiger partial charge in [0.25, 0.3) is 5.91 Å². The highest BCUT2D eigenvalue weighted by Gasteiger charge is 2.33. The lowest BCUT2D eigenvalue weighted by Crippen LogP contribution is -2.34. The molecule has 2 N–H and O–H groups in total. The van der Waals surface area contributed by atoms with Gasteiger partial charge in [-0.1, -0.05) is 6.42 Å². The number of carboxylic acids is 1. The molecule has 1 heterocycles. The van der Waals surface area contributed by atoms with Crippen LogP contribution in [0.5, 0.6) is 0 Å². The summed E-state index contributed by atoms with van der Waals surface area (Å²) in [6.45, 7) is 4.49. The maximum atomic E-state index is 12.2. The molecule has 1 aliphatic carbocycles. The summed E-state index contributed by atoms with van der Waals surface area (Å²) in [7, 11) is 0. The lowest BCUT2D eigenvalue weighted by atomic mass is 9.96. The Kier molecular flexibility index (Phi) is 4.47. The average Bonchev–Trinajstić information content (AvgIpc) is 3.04. The predicted molar refractivity (Wildman–Crippen MR) is 75.6 cm³/mol. The summed E-state index contributed by atoms with van der Waals surface area (Å²) in [5.74, 6) is -1.13. The van der Waals surface area contributed by atoms with E-state index < -0.39 is 5.97 Å². The molecule has 0 aliphatic heterocycles. The molecule has 2 rings (SSSR count). The van der Waals surface area contributed by atoms with Crippen LogP contribution in [-0.2, 0) is 4.79 Å². The largest absolute Gasteiger partial charge is 0.481 e. The van der Waals surface area contributed by atoms with E-state index in [4.69, 9.17) is 5.11 Å². The van der Waals surface area contributed by atoms with Gasteiger partial charge in [0.05, 0.1) is 5.92 Å². The maximum Gasteiger partial charge on any atom is 0.306 e. The van der Waals surface area contributed by atoms with Gasteiger partial charge in [0.1, 0.15) is 5.69 Å². The zero-order valence-electron chi connectivity index (χ0n) is 12.0. The monoisotopic (exact) mass is 278 g/mol. The Bertz CT molecular complexity index is 493. The van der Waals surface area contributed by atoms with Crippen molar-refractivity contribution in [1.82, 2.24) is 9.88 Å².